The SMILES string of the molecule is O=C(CCN1CCC(=C(c2ccccc2)c2ccccc2)CC1)N1CC=CC(Oc2ccc(F)cc2)C1. The van der Waals surface area contributed by atoms with Gasteiger partial charge >= 0.3 is 0 Å². The minimum Gasteiger partial charge on any atom is -0.485 e. The maximum Gasteiger partial charge on any atom is 0.224 e. The lowest BCUT2D eigenvalue weighted by Gasteiger charge is -2.32. The molecule has 0 spiro atoms. The Kier molecular flexibility index (Phi) is 8.11. The number of carbonyl (C=O) groups excluding carboxylic acids is 1. The highest BCUT2D eigenvalue weighted by Crippen LogP contribution is 2.32. The minimum absolute atomic E-state index is 0.146. The van der Waals surface area contributed by atoms with Gasteiger partial charge in [0.1, 0.15) is 17.7 Å². The molecule has 1 atom stereocenters. The summed E-state index contributed by atoms with van der Waals surface area (Å²) in [5.74, 6) is 0.459. The van der Waals surface area contributed by atoms with Crippen molar-refractivity contribution in [3.05, 3.63) is 120 Å². The van der Waals surface area contributed by atoms with Gasteiger partial charge in [0, 0.05) is 32.6 Å². The number of carbonyl (C=O) groups is 1. The summed E-state index contributed by atoms with van der Waals surface area (Å²) in [6, 6.07) is 27.3. The van der Waals surface area contributed by atoms with Crippen LogP contribution in [0.25, 0.3) is 5.57 Å². The fourth-order valence-corrected chi connectivity index (χ4v) is 5.15. The van der Waals surface area contributed by atoms with E-state index in [1.54, 1.807) is 12.1 Å². The summed E-state index contributed by atoms with van der Waals surface area (Å²) < 4.78 is 19.1. The summed E-state index contributed by atoms with van der Waals surface area (Å²) in [7, 11) is 0. The van der Waals surface area contributed by atoms with Crippen LogP contribution < -0.4 is 4.74 Å². The maximum absolute atomic E-state index is 13.2. The molecule has 1 amide bonds. The summed E-state index contributed by atoms with van der Waals surface area (Å²) >= 11 is 0. The number of likely N-dealkylation sites (tertiary alicyclic amines) is 1. The third-order valence-corrected chi connectivity index (χ3v) is 7.11. The Morgan fingerprint density at radius 1 is 0.865 bits per heavy atom. The predicted molar refractivity (Wildman–Crippen MR) is 146 cm³/mol. The van der Waals surface area contributed by atoms with Crippen LogP contribution in [0.15, 0.2) is 103 Å². The molecule has 1 unspecified atom stereocenters. The van der Waals surface area contributed by atoms with Crippen LogP contribution in [0.4, 0.5) is 4.39 Å². The number of piperidine rings is 1. The van der Waals surface area contributed by atoms with Crippen molar-refractivity contribution in [1.29, 1.82) is 0 Å². The Morgan fingerprint density at radius 2 is 1.49 bits per heavy atom. The van der Waals surface area contributed by atoms with Gasteiger partial charge in [-0.15, -0.1) is 0 Å². The van der Waals surface area contributed by atoms with Crippen molar-refractivity contribution >= 4 is 11.5 Å². The van der Waals surface area contributed by atoms with Crippen molar-refractivity contribution in [2.75, 3.05) is 32.7 Å². The highest BCUT2D eigenvalue weighted by atomic mass is 19.1. The van der Waals surface area contributed by atoms with Crippen LogP contribution in [0.2, 0.25) is 0 Å². The van der Waals surface area contributed by atoms with Crippen molar-refractivity contribution in [1.82, 2.24) is 9.80 Å². The summed E-state index contributed by atoms with van der Waals surface area (Å²) in [6.45, 7) is 3.80. The number of hydrogen-bond acceptors (Lipinski definition) is 3. The third kappa shape index (κ3) is 6.55. The van der Waals surface area contributed by atoms with Gasteiger partial charge in [0.25, 0.3) is 0 Å². The van der Waals surface area contributed by atoms with Crippen LogP contribution in [0, 0.1) is 5.82 Å². The van der Waals surface area contributed by atoms with Crippen molar-refractivity contribution in [3.8, 4) is 5.75 Å². The zero-order valence-electron chi connectivity index (χ0n) is 21.1. The van der Waals surface area contributed by atoms with E-state index < -0.39 is 0 Å². The smallest absolute Gasteiger partial charge is 0.224 e. The molecule has 5 heteroatoms. The van der Waals surface area contributed by atoms with E-state index in [1.165, 1.54) is 34.4 Å². The average Bonchev–Trinajstić information content (AvgIpc) is 2.95. The number of hydrogen-bond donors (Lipinski definition) is 0. The van der Waals surface area contributed by atoms with Gasteiger partial charge in [-0.3, -0.25) is 4.79 Å². The Hall–Kier alpha value is -3.70. The first-order chi connectivity index (χ1) is 18.2. The molecule has 2 aliphatic heterocycles. The Labute approximate surface area is 218 Å². The number of nitrogens with zero attached hydrogens (tertiary/aromatic N) is 2. The lowest BCUT2D eigenvalue weighted by atomic mass is 9.88. The first-order valence-corrected chi connectivity index (χ1v) is 13.1. The first-order valence-electron chi connectivity index (χ1n) is 13.1. The normalized spacial score (nSPS) is 18.0. The fraction of sp³-hybridized carbons (Fsp3) is 0.281. The molecule has 0 aliphatic carbocycles. The zero-order valence-corrected chi connectivity index (χ0v) is 21.1. The summed E-state index contributed by atoms with van der Waals surface area (Å²) in [5, 5.41) is 0. The van der Waals surface area contributed by atoms with Crippen LogP contribution in [0.3, 0.4) is 0 Å². The molecule has 0 bridgehead atoms. The van der Waals surface area contributed by atoms with Crippen LogP contribution >= 0.6 is 0 Å². The fourth-order valence-electron chi connectivity index (χ4n) is 5.15. The second kappa shape index (κ2) is 12.0. The third-order valence-electron chi connectivity index (χ3n) is 7.11. The summed E-state index contributed by atoms with van der Waals surface area (Å²) in [4.78, 5) is 17.2. The lowest BCUT2D eigenvalue weighted by Crippen LogP contribution is -2.43. The Balaban J connectivity index is 1.15. The molecule has 37 heavy (non-hydrogen) atoms. The quantitative estimate of drug-likeness (QED) is 0.379. The van der Waals surface area contributed by atoms with E-state index in [9.17, 15) is 9.18 Å². The van der Waals surface area contributed by atoms with E-state index in [4.69, 9.17) is 4.74 Å². The molecular formula is C32H33FN2O2. The largest absolute Gasteiger partial charge is 0.485 e. The second-order valence-corrected chi connectivity index (χ2v) is 9.64. The molecule has 2 aliphatic rings. The van der Waals surface area contributed by atoms with E-state index in [2.05, 4.69) is 65.6 Å². The molecule has 0 aromatic heterocycles. The number of ether oxygens (including phenoxy) is 1. The topological polar surface area (TPSA) is 32.8 Å². The number of amides is 1. The van der Waals surface area contributed by atoms with E-state index >= 15 is 0 Å². The molecule has 1 fully saturated rings. The minimum atomic E-state index is -0.292. The molecule has 3 aromatic rings. The monoisotopic (exact) mass is 496 g/mol. The van der Waals surface area contributed by atoms with Gasteiger partial charge in [0.15, 0.2) is 0 Å². The van der Waals surface area contributed by atoms with Gasteiger partial charge in [-0.2, -0.15) is 0 Å². The van der Waals surface area contributed by atoms with Gasteiger partial charge in [-0.1, -0.05) is 72.3 Å². The summed E-state index contributed by atoms with van der Waals surface area (Å²) in [6.07, 6.45) is 6.24. The summed E-state index contributed by atoms with van der Waals surface area (Å²) in [5.41, 5.74) is 5.37. The predicted octanol–water partition coefficient (Wildman–Crippen LogP) is 5.96. The highest BCUT2D eigenvalue weighted by Gasteiger charge is 2.23. The molecule has 1 saturated heterocycles. The Bertz CT molecular complexity index is 1190. The van der Waals surface area contributed by atoms with Gasteiger partial charge in [0.05, 0.1) is 6.54 Å². The van der Waals surface area contributed by atoms with Crippen molar-refractivity contribution in [2.45, 2.75) is 25.4 Å². The number of halogens is 1. The molecule has 4 nitrogen and oxygen atoms in total. The molecule has 0 saturated carbocycles. The van der Waals surface area contributed by atoms with Gasteiger partial charge in [-0.05, 0) is 59.9 Å². The van der Waals surface area contributed by atoms with E-state index in [0.717, 1.165) is 32.5 Å². The molecule has 3 aromatic carbocycles. The van der Waals surface area contributed by atoms with Crippen LogP contribution in [0.1, 0.15) is 30.4 Å². The highest BCUT2D eigenvalue weighted by molar-refractivity contribution is 5.82. The molecule has 5 rings (SSSR count). The number of benzene rings is 3. The zero-order chi connectivity index (χ0) is 25.5. The average molecular weight is 497 g/mol. The van der Waals surface area contributed by atoms with E-state index in [0.29, 0.717) is 25.3 Å². The van der Waals surface area contributed by atoms with E-state index in [1.807, 2.05) is 17.1 Å². The maximum atomic E-state index is 13.2. The molecule has 0 N–H and O–H groups in total. The molecule has 2 heterocycles. The second-order valence-electron chi connectivity index (χ2n) is 9.64. The molecule has 190 valence electrons. The van der Waals surface area contributed by atoms with Crippen LogP contribution in [-0.2, 0) is 4.79 Å². The van der Waals surface area contributed by atoms with Crippen molar-refractivity contribution in [3.63, 3.8) is 0 Å². The van der Waals surface area contributed by atoms with Crippen LogP contribution in [-0.4, -0.2) is 54.5 Å². The number of rotatable bonds is 7. The van der Waals surface area contributed by atoms with Crippen LogP contribution in [0.5, 0.6) is 5.75 Å². The van der Waals surface area contributed by atoms with Gasteiger partial charge in [-0.25, -0.2) is 4.39 Å². The first kappa shape index (κ1) is 25.0. The van der Waals surface area contributed by atoms with E-state index in [-0.39, 0.29) is 17.8 Å². The molecular weight excluding hydrogens is 463 g/mol. The lowest BCUT2D eigenvalue weighted by molar-refractivity contribution is -0.132. The van der Waals surface area contributed by atoms with Crippen molar-refractivity contribution < 1.29 is 13.9 Å². The standard InChI is InChI=1S/C32H33FN2O2/c33-28-13-15-29(16-14-28)37-30-12-7-20-35(24-30)31(36)19-23-34-21-17-27(18-22-34)32(25-8-3-1-4-9-25)26-10-5-2-6-11-26/h1-16,30H,17-24H2. The van der Waals surface area contributed by atoms with Crippen molar-refractivity contribution in [2.24, 2.45) is 0 Å². The van der Waals surface area contributed by atoms with Gasteiger partial charge in [0.2, 0.25) is 5.91 Å². The molecule has 0 radical (unpaired) electrons. The Morgan fingerprint density at radius 3 is 2.11 bits per heavy atom. The van der Waals surface area contributed by atoms with Gasteiger partial charge < -0.3 is 14.5 Å².